The fourth-order valence-corrected chi connectivity index (χ4v) is 0.303. The summed E-state index contributed by atoms with van der Waals surface area (Å²) < 4.78 is 0.711. The molecule has 0 fully saturated rings. The van der Waals surface area contributed by atoms with E-state index in [1.807, 2.05) is 0 Å². The number of allylic oxidation sites excluding steroid dienone is 2. The minimum Gasteiger partial charge on any atom is -0.507 e. The normalized spacial score (nSPS) is 12.9. The summed E-state index contributed by atoms with van der Waals surface area (Å²) in [5.41, 5.74) is 0. The quantitative estimate of drug-likeness (QED) is 0.464. The summed E-state index contributed by atoms with van der Waals surface area (Å²) in [6.07, 6.45) is 1.38. The molecule has 0 heterocycles. The SMILES string of the molecule is C=C/C(O)=C(/C)Br. The monoisotopic (exact) mass is 162 g/mol. The predicted octanol–water partition coefficient (Wildman–Crippen LogP) is 2.36. The van der Waals surface area contributed by atoms with Crippen molar-refractivity contribution in [3.63, 3.8) is 0 Å². The van der Waals surface area contributed by atoms with Gasteiger partial charge in [0.15, 0.2) is 0 Å². The third-order valence-electron chi connectivity index (χ3n) is 0.546. The standard InChI is InChI=1S/C5H7BrO/c1-3-5(7)4(2)6/h3,7H,1H2,2H3/b5-4+. The van der Waals surface area contributed by atoms with Gasteiger partial charge in [-0.05, 0) is 13.0 Å². The lowest BCUT2D eigenvalue weighted by atomic mass is 10.5. The molecule has 0 atom stereocenters. The van der Waals surface area contributed by atoms with E-state index in [1.165, 1.54) is 6.08 Å². The Balaban J connectivity index is 3.98. The zero-order valence-corrected chi connectivity index (χ0v) is 5.70. The van der Waals surface area contributed by atoms with Gasteiger partial charge in [-0.15, -0.1) is 0 Å². The average molecular weight is 163 g/mol. The van der Waals surface area contributed by atoms with Crippen molar-refractivity contribution in [2.24, 2.45) is 0 Å². The van der Waals surface area contributed by atoms with Crippen molar-refractivity contribution in [3.8, 4) is 0 Å². The number of halogens is 1. The van der Waals surface area contributed by atoms with Crippen LogP contribution in [0.15, 0.2) is 22.9 Å². The van der Waals surface area contributed by atoms with Crippen LogP contribution in [0.4, 0.5) is 0 Å². The van der Waals surface area contributed by atoms with Crippen LogP contribution in [-0.2, 0) is 0 Å². The summed E-state index contributed by atoms with van der Waals surface area (Å²) in [6, 6.07) is 0. The van der Waals surface area contributed by atoms with Gasteiger partial charge in [0.25, 0.3) is 0 Å². The summed E-state index contributed by atoms with van der Waals surface area (Å²) in [5.74, 6) is 0.194. The van der Waals surface area contributed by atoms with Gasteiger partial charge in [-0.2, -0.15) is 0 Å². The fraction of sp³-hybridized carbons (Fsp3) is 0.200. The van der Waals surface area contributed by atoms with E-state index >= 15 is 0 Å². The van der Waals surface area contributed by atoms with Crippen molar-refractivity contribution in [3.05, 3.63) is 22.9 Å². The number of hydrogen-bond donors (Lipinski definition) is 1. The van der Waals surface area contributed by atoms with Gasteiger partial charge >= 0.3 is 0 Å². The molecule has 7 heavy (non-hydrogen) atoms. The Morgan fingerprint density at radius 3 is 2.29 bits per heavy atom. The molecule has 0 rings (SSSR count). The van der Waals surface area contributed by atoms with E-state index in [4.69, 9.17) is 5.11 Å². The summed E-state index contributed by atoms with van der Waals surface area (Å²) in [4.78, 5) is 0. The van der Waals surface area contributed by atoms with Crippen LogP contribution in [0.2, 0.25) is 0 Å². The zero-order chi connectivity index (χ0) is 5.86. The first-order chi connectivity index (χ1) is 3.18. The van der Waals surface area contributed by atoms with Crippen molar-refractivity contribution in [1.29, 1.82) is 0 Å². The van der Waals surface area contributed by atoms with Crippen molar-refractivity contribution in [1.82, 2.24) is 0 Å². The summed E-state index contributed by atoms with van der Waals surface area (Å²) >= 11 is 3.06. The van der Waals surface area contributed by atoms with E-state index in [0.717, 1.165) is 0 Å². The molecule has 0 bridgehead atoms. The Morgan fingerprint density at radius 1 is 1.86 bits per heavy atom. The van der Waals surface area contributed by atoms with Crippen LogP contribution in [0, 0.1) is 0 Å². The van der Waals surface area contributed by atoms with Crippen LogP contribution in [-0.4, -0.2) is 5.11 Å². The molecule has 0 unspecified atom stereocenters. The minimum atomic E-state index is 0.194. The first-order valence-electron chi connectivity index (χ1n) is 1.86. The number of aliphatic hydroxyl groups excluding tert-OH is 1. The van der Waals surface area contributed by atoms with E-state index in [-0.39, 0.29) is 5.76 Å². The fourth-order valence-electron chi connectivity index (χ4n) is 0.141. The van der Waals surface area contributed by atoms with E-state index < -0.39 is 0 Å². The van der Waals surface area contributed by atoms with Gasteiger partial charge in [-0.25, -0.2) is 0 Å². The lowest BCUT2D eigenvalue weighted by Crippen LogP contribution is -1.71. The molecule has 0 spiro atoms. The first-order valence-corrected chi connectivity index (χ1v) is 2.65. The molecule has 1 nitrogen and oxygen atoms in total. The summed E-state index contributed by atoms with van der Waals surface area (Å²) in [6.45, 7) is 5.09. The molecule has 0 saturated heterocycles. The molecule has 40 valence electrons. The van der Waals surface area contributed by atoms with Gasteiger partial charge in [0, 0.05) is 4.48 Å². The molecule has 0 aromatic carbocycles. The Hall–Kier alpha value is -0.240. The first kappa shape index (κ1) is 6.76. The van der Waals surface area contributed by atoms with Gasteiger partial charge in [-0.1, -0.05) is 22.5 Å². The van der Waals surface area contributed by atoms with Gasteiger partial charge in [0.1, 0.15) is 5.76 Å². The smallest absolute Gasteiger partial charge is 0.124 e. The van der Waals surface area contributed by atoms with Crippen LogP contribution in [0.3, 0.4) is 0 Å². The Labute approximate surface area is 51.5 Å². The van der Waals surface area contributed by atoms with Gasteiger partial charge in [0.2, 0.25) is 0 Å². The lowest BCUT2D eigenvalue weighted by Gasteiger charge is -1.87. The van der Waals surface area contributed by atoms with E-state index in [2.05, 4.69) is 22.5 Å². The second-order valence-electron chi connectivity index (χ2n) is 1.12. The van der Waals surface area contributed by atoms with Gasteiger partial charge in [0.05, 0.1) is 0 Å². The maximum absolute atomic E-state index is 8.65. The molecule has 0 saturated carbocycles. The molecular formula is C5H7BrO. The van der Waals surface area contributed by atoms with E-state index in [9.17, 15) is 0 Å². The molecule has 0 aromatic heterocycles. The molecule has 0 aliphatic carbocycles. The number of rotatable bonds is 1. The topological polar surface area (TPSA) is 20.2 Å². The van der Waals surface area contributed by atoms with Crippen LogP contribution in [0.5, 0.6) is 0 Å². The van der Waals surface area contributed by atoms with Crippen molar-refractivity contribution >= 4 is 15.9 Å². The van der Waals surface area contributed by atoms with E-state index in [1.54, 1.807) is 6.92 Å². The van der Waals surface area contributed by atoms with Crippen LogP contribution < -0.4 is 0 Å². The highest BCUT2D eigenvalue weighted by Crippen LogP contribution is 2.07. The van der Waals surface area contributed by atoms with Crippen LogP contribution in [0.1, 0.15) is 6.92 Å². The third kappa shape index (κ3) is 2.45. The Kier molecular flexibility index (Phi) is 2.76. The highest BCUT2D eigenvalue weighted by atomic mass is 79.9. The van der Waals surface area contributed by atoms with Gasteiger partial charge in [-0.3, -0.25) is 0 Å². The van der Waals surface area contributed by atoms with E-state index in [0.29, 0.717) is 4.48 Å². The maximum Gasteiger partial charge on any atom is 0.124 e. The molecule has 0 aliphatic heterocycles. The molecule has 0 aliphatic rings. The van der Waals surface area contributed by atoms with Crippen LogP contribution >= 0.6 is 15.9 Å². The minimum absolute atomic E-state index is 0.194. The molecule has 0 amide bonds. The zero-order valence-electron chi connectivity index (χ0n) is 4.11. The van der Waals surface area contributed by atoms with Crippen molar-refractivity contribution in [2.75, 3.05) is 0 Å². The summed E-state index contributed by atoms with van der Waals surface area (Å²) in [7, 11) is 0. The second-order valence-corrected chi connectivity index (χ2v) is 2.31. The largest absolute Gasteiger partial charge is 0.507 e. The molecule has 2 heteroatoms. The third-order valence-corrected chi connectivity index (χ3v) is 0.953. The number of hydrogen-bond acceptors (Lipinski definition) is 1. The molecule has 0 radical (unpaired) electrons. The van der Waals surface area contributed by atoms with Crippen LogP contribution in [0.25, 0.3) is 0 Å². The Morgan fingerprint density at radius 2 is 2.29 bits per heavy atom. The number of aliphatic hydroxyl groups is 1. The van der Waals surface area contributed by atoms with Crippen molar-refractivity contribution in [2.45, 2.75) is 6.92 Å². The maximum atomic E-state index is 8.65. The molecule has 1 N–H and O–H groups in total. The highest BCUT2D eigenvalue weighted by molar-refractivity contribution is 9.11. The average Bonchev–Trinajstić information content (AvgIpc) is 1.65. The Bertz CT molecular complexity index is 101. The molecular weight excluding hydrogens is 156 g/mol. The summed E-state index contributed by atoms with van der Waals surface area (Å²) in [5, 5.41) is 8.65. The predicted molar refractivity (Wildman–Crippen MR) is 34.5 cm³/mol. The van der Waals surface area contributed by atoms with Crippen molar-refractivity contribution < 1.29 is 5.11 Å². The lowest BCUT2D eigenvalue weighted by molar-refractivity contribution is 0.430. The molecule has 0 aromatic rings. The highest BCUT2D eigenvalue weighted by Gasteiger charge is 1.84. The second kappa shape index (κ2) is 2.86. The van der Waals surface area contributed by atoms with Gasteiger partial charge < -0.3 is 5.11 Å².